The van der Waals surface area contributed by atoms with E-state index in [1.807, 2.05) is 57.3 Å². The van der Waals surface area contributed by atoms with Gasteiger partial charge in [-0.1, -0.05) is 75.6 Å². The Morgan fingerprint density at radius 2 is 1.82 bits per heavy atom. The van der Waals surface area contributed by atoms with Gasteiger partial charge in [-0.25, -0.2) is 4.68 Å². The van der Waals surface area contributed by atoms with Gasteiger partial charge in [-0.15, -0.1) is 5.10 Å². The number of aliphatic hydroxyl groups is 2. The highest BCUT2D eigenvalue weighted by Crippen LogP contribution is 2.46. The first-order chi connectivity index (χ1) is 18.6. The highest BCUT2D eigenvalue weighted by atomic mass is 16.3. The molecule has 2 amide bonds. The maximum atomic E-state index is 14.1. The lowest BCUT2D eigenvalue weighted by Gasteiger charge is -2.43. The molecular formula is C30H43N5O4. The van der Waals surface area contributed by atoms with Crippen molar-refractivity contribution in [3.05, 3.63) is 47.8 Å². The van der Waals surface area contributed by atoms with Gasteiger partial charge in [-0.2, -0.15) is 0 Å². The molecule has 1 aromatic carbocycles. The first kappa shape index (κ1) is 27.8. The Kier molecular flexibility index (Phi) is 7.84. The van der Waals surface area contributed by atoms with Crippen molar-refractivity contribution < 1.29 is 19.8 Å². The zero-order valence-corrected chi connectivity index (χ0v) is 23.4. The van der Waals surface area contributed by atoms with Gasteiger partial charge in [-0.05, 0) is 36.7 Å². The van der Waals surface area contributed by atoms with Gasteiger partial charge in [0.05, 0.1) is 24.4 Å². The van der Waals surface area contributed by atoms with E-state index in [4.69, 9.17) is 0 Å². The fourth-order valence-electron chi connectivity index (χ4n) is 6.59. The van der Waals surface area contributed by atoms with E-state index < -0.39 is 29.0 Å². The molecule has 0 radical (unpaired) electrons. The van der Waals surface area contributed by atoms with Crippen LogP contribution < -0.4 is 5.32 Å². The molecule has 39 heavy (non-hydrogen) atoms. The molecule has 1 aliphatic heterocycles. The third-order valence-corrected chi connectivity index (χ3v) is 8.90. The van der Waals surface area contributed by atoms with Crippen molar-refractivity contribution in [2.24, 2.45) is 10.8 Å². The highest BCUT2D eigenvalue weighted by Gasteiger charge is 2.47. The van der Waals surface area contributed by atoms with Crippen molar-refractivity contribution in [2.75, 3.05) is 13.2 Å². The molecule has 3 aliphatic rings. The summed E-state index contributed by atoms with van der Waals surface area (Å²) in [5, 5.41) is 33.1. The number of likely N-dealkylation sites (tertiary alicyclic amines) is 1. The van der Waals surface area contributed by atoms with E-state index in [-0.39, 0.29) is 37.4 Å². The van der Waals surface area contributed by atoms with Gasteiger partial charge in [0.1, 0.15) is 12.1 Å². The van der Waals surface area contributed by atoms with E-state index in [1.165, 1.54) is 4.90 Å². The summed E-state index contributed by atoms with van der Waals surface area (Å²) < 4.78 is 1.64. The first-order valence-electron chi connectivity index (χ1n) is 14.5. The highest BCUT2D eigenvalue weighted by molar-refractivity contribution is 5.90. The lowest BCUT2D eigenvalue weighted by molar-refractivity contribution is -0.144. The van der Waals surface area contributed by atoms with E-state index >= 15 is 0 Å². The second-order valence-electron chi connectivity index (χ2n) is 13.0. The number of aromatic nitrogens is 3. The Hall–Kier alpha value is -2.78. The van der Waals surface area contributed by atoms with Crippen LogP contribution in [0.2, 0.25) is 0 Å². The minimum absolute atomic E-state index is 0.0233. The van der Waals surface area contributed by atoms with Crippen molar-refractivity contribution >= 4 is 11.8 Å². The van der Waals surface area contributed by atoms with Crippen LogP contribution in [-0.4, -0.2) is 67.2 Å². The Labute approximate surface area is 231 Å². The average molecular weight is 538 g/mol. The second kappa shape index (κ2) is 11.0. The molecule has 212 valence electrons. The summed E-state index contributed by atoms with van der Waals surface area (Å²) in [6.45, 7) is 6.01. The topological polar surface area (TPSA) is 121 Å². The van der Waals surface area contributed by atoms with Gasteiger partial charge >= 0.3 is 0 Å². The summed E-state index contributed by atoms with van der Waals surface area (Å²) in [6, 6.07) is 7.94. The predicted molar refractivity (Wildman–Crippen MR) is 147 cm³/mol. The molecule has 0 spiro atoms. The van der Waals surface area contributed by atoms with Crippen molar-refractivity contribution in [1.82, 2.24) is 25.2 Å². The molecule has 2 aliphatic carbocycles. The fourth-order valence-corrected chi connectivity index (χ4v) is 6.59. The van der Waals surface area contributed by atoms with Crippen molar-refractivity contribution in [2.45, 2.75) is 102 Å². The molecule has 1 saturated heterocycles. The van der Waals surface area contributed by atoms with Gasteiger partial charge in [0.15, 0.2) is 0 Å². The van der Waals surface area contributed by atoms with E-state index in [1.54, 1.807) is 4.68 Å². The Morgan fingerprint density at radius 3 is 2.44 bits per heavy atom. The second-order valence-corrected chi connectivity index (χ2v) is 13.0. The lowest BCUT2D eigenvalue weighted by atomic mass is 9.67. The number of nitrogens with zero attached hydrogens (tertiary/aromatic N) is 4. The molecule has 2 heterocycles. The molecule has 2 saturated carbocycles. The van der Waals surface area contributed by atoms with Crippen LogP contribution in [-0.2, 0) is 9.59 Å². The summed E-state index contributed by atoms with van der Waals surface area (Å²) >= 11 is 0. The summed E-state index contributed by atoms with van der Waals surface area (Å²) in [5.41, 5.74) is 0.895. The quantitative estimate of drug-likeness (QED) is 0.474. The largest absolute Gasteiger partial charge is 0.396 e. The number of β-amino-alcohol motifs (C(OH)–C–C–N with tert-alkyl or cyclic N) is 1. The Bertz CT molecular complexity index is 1150. The number of benzene rings is 1. The lowest BCUT2D eigenvalue weighted by Crippen LogP contribution is -2.53. The number of carbonyl (C=O) groups is 2. The maximum absolute atomic E-state index is 14.1. The number of amides is 2. The molecule has 9 heteroatoms. The molecule has 5 rings (SSSR count). The summed E-state index contributed by atoms with van der Waals surface area (Å²) in [4.78, 5) is 29.6. The van der Waals surface area contributed by atoms with Gasteiger partial charge in [0.2, 0.25) is 11.8 Å². The summed E-state index contributed by atoms with van der Waals surface area (Å²) in [5.74, 6) is -0.121. The molecule has 4 atom stereocenters. The van der Waals surface area contributed by atoms with Gasteiger partial charge in [0.25, 0.3) is 0 Å². The Balaban J connectivity index is 1.42. The van der Waals surface area contributed by atoms with Gasteiger partial charge < -0.3 is 20.4 Å². The Morgan fingerprint density at radius 1 is 1.13 bits per heavy atom. The van der Waals surface area contributed by atoms with Gasteiger partial charge in [-0.3, -0.25) is 9.59 Å². The molecular weight excluding hydrogens is 494 g/mol. The zero-order chi connectivity index (χ0) is 27.8. The number of hydrogen-bond donors (Lipinski definition) is 3. The number of rotatable bonds is 8. The first-order valence-corrected chi connectivity index (χ1v) is 14.5. The van der Waals surface area contributed by atoms with Crippen molar-refractivity contribution in [3.63, 3.8) is 0 Å². The SMILES string of the molecule is CC(C)(C)[C@@H](C(=O)N1CC(O)CC1C(=O)NC(c1ccccc1)C1(CO)CCCCC1)n1cc(C2CC2)nn1. The van der Waals surface area contributed by atoms with E-state index in [9.17, 15) is 19.8 Å². The van der Waals surface area contributed by atoms with E-state index in [0.717, 1.165) is 56.2 Å². The number of carbonyl (C=O) groups excluding carboxylic acids is 2. The fraction of sp³-hybridized carbons (Fsp3) is 0.667. The van der Waals surface area contributed by atoms with Crippen LogP contribution >= 0.6 is 0 Å². The van der Waals surface area contributed by atoms with Crippen LogP contribution in [0.4, 0.5) is 0 Å². The predicted octanol–water partition coefficient (Wildman–Crippen LogP) is 3.50. The molecule has 9 nitrogen and oxygen atoms in total. The minimum Gasteiger partial charge on any atom is -0.396 e. The van der Waals surface area contributed by atoms with Crippen LogP contribution in [0.3, 0.4) is 0 Å². The third kappa shape index (κ3) is 5.75. The maximum Gasteiger partial charge on any atom is 0.248 e. The molecule has 3 unspecified atom stereocenters. The van der Waals surface area contributed by atoms with Crippen molar-refractivity contribution in [1.29, 1.82) is 0 Å². The molecule has 0 bridgehead atoms. The standard InChI is InChI=1S/C30H43N5O4/c1-29(2,3)26(35-18-23(32-33-35)20-12-13-20)28(39)34-17-22(37)16-24(34)27(38)31-25(21-10-6-4-7-11-21)30(19-36)14-8-5-9-15-30/h4,6-7,10-11,18,20,22,24-26,36-37H,5,8-9,12-17,19H2,1-3H3,(H,31,38)/t22?,24?,25?,26-/m1/s1. The zero-order valence-electron chi connectivity index (χ0n) is 23.4. The van der Waals surface area contributed by atoms with Crippen LogP contribution in [0, 0.1) is 10.8 Å². The van der Waals surface area contributed by atoms with Crippen LogP contribution in [0.25, 0.3) is 0 Å². The molecule has 2 aromatic rings. The van der Waals surface area contributed by atoms with E-state index in [0.29, 0.717) is 5.92 Å². The molecule has 1 aromatic heterocycles. The summed E-state index contributed by atoms with van der Waals surface area (Å²) in [6.07, 6.45) is 8.19. The number of hydrogen-bond acceptors (Lipinski definition) is 6. The number of aliphatic hydroxyl groups excluding tert-OH is 2. The smallest absolute Gasteiger partial charge is 0.248 e. The normalized spacial score (nSPS) is 24.8. The van der Waals surface area contributed by atoms with Crippen LogP contribution in [0.1, 0.15) is 101 Å². The van der Waals surface area contributed by atoms with E-state index in [2.05, 4.69) is 15.6 Å². The van der Waals surface area contributed by atoms with Crippen LogP contribution in [0.5, 0.6) is 0 Å². The van der Waals surface area contributed by atoms with Gasteiger partial charge in [0, 0.05) is 30.5 Å². The molecule has 3 fully saturated rings. The minimum atomic E-state index is -0.811. The monoisotopic (exact) mass is 537 g/mol. The number of nitrogens with one attached hydrogen (secondary N) is 1. The average Bonchev–Trinajstić information content (AvgIpc) is 3.53. The van der Waals surface area contributed by atoms with Crippen molar-refractivity contribution in [3.8, 4) is 0 Å². The molecule has 3 N–H and O–H groups in total. The summed E-state index contributed by atoms with van der Waals surface area (Å²) in [7, 11) is 0. The van der Waals surface area contributed by atoms with Crippen LogP contribution in [0.15, 0.2) is 36.5 Å². The third-order valence-electron chi connectivity index (χ3n) is 8.90.